The lowest BCUT2D eigenvalue weighted by atomic mass is 9.80. The van der Waals surface area contributed by atoms with Gasteiger partial charge in [0, 0.05) is 18.0 Å². The van der Waals surface area contributed by atoms with Crippen molar-refractivity contribution in [2.45, 2.75) is 55.7 Å². The number of anilines is 1. The third kappa shape index (κ3) is 5.19. The molecule has 1 aliphatic carbocycles. The van der Waals surface area contributed by atoms with Crippen LogP contribution in [0.5, 0.6) is 5.75 Å². The molecule has 0 unspecified atom stereocenters. The molecule has 0 radical (unpaired) electrons. The Morgan fingerprint density at radius 2 is 2.09 bits per heavy atom. The van der Waals surface area contributed by atoms with Crippen molar-refractivity contribution >= 4 is 34.4 Å². The molecule has 0 spiro atoms. The zero-order chi connectivity index (χ0) is 23.5. The number of pyridine rings is 2. The van der Waals surface area contributed by atoms with Crippen molar-refractivity contribution in [3.05, 3.63) is 53.9 Å². The lowest BCUT2D eigenvalue weighted by Crippen LogP contribution is -2.36. The first-order chi connectivity index (χ1) is 16.6. The number of rotatable bonds is 7. The van der Waals surface area contributed by atoms with Gasteiger partial charge in [0.25, 0.3) is 0 Å². The summed E-state index contributed by atoms with van der Waals surface area (Å²) in [6.07, 6.45) is 6.03. The van der Waals surface area contributed by atoms with E-state index >= 15 is 0 Å². The molecule has 34 heavy (non-hydrogen) atoms. The topological polar surface area (TPSA) is 96.4 Å². The van der Waals surface area contributed by atoms with E-state index in [1.165, 1.54) is 11.8 Å². The molecule has 1 amide bonds. The second-order valence-corrected chi connectivity index (χ2v) is 10.1. The Morgan fingerprint density at radius 1 is 1.24 bits per heavy atom. The molecule has 7 nitrogen and oxygen atoms in total. The Labute approximate surface area is 203 Å². The Hall–Kier alpha value is -2.68. The normalized spacial score (nSPS) is 21.1. The first-order valence-electron chi connectivity index (χ1n) is 11.8. The van der Waals surface area contributed by atoms with E-state index in [1.54, 1.807) is 13.3 Å². The monoisotopic (exact) mass is 478 g/mol. The molecular formula is C26H30N4O3S. The van der Waals surface area contributed by atoms with E-state index in [2.05, 4.69) is 26.7 Å². The summed E-state index contributed by atoms with van der Waals surface area (Å²) in [4.78, 5) is 21.7. The van der Waals surface area contributed by atoms with Crippen LogP contribution in [0.4, 0.5) is 5.82 Å². The van der Waals surface area contributed by atoms with E-state index in [9.17, 15) is 9.90 Å². The molecule has 178 valence electrons. The first-order valence-corrected chi connectivity index (χ1v) is 12.8. The summed E-state index contributed by atoms with van der Waals surface area (Å²) in [5.74, 6) is 2.16. The average Bonchev–Trinajstić information content (AvgIpc) is 2.87. The zero-order valence-corrected chi connectivity index (χ0v) is 20.1. The van der Waals surface area contributed by atoms with Crippen molar-refractivity contribution < 1.29 is 14.6 Å². The molecule has 0 saturated heterocycles. The summed E-state index contributed by atoms with van der Waals surface area (Å²) in [7, 11) is 1.64. The first kappa shape index (κ1) is 23.1. The number of amides is 1. The molecule has 2 aliphatic rings. The van der Waals surface area contributed by atoms with E-state index < -0.39 is 0 Å². The van der Waals surface area contributed by atoms with Crippen molar-refractivity contribution in [3.8, 4) is 5.75 Å². The average molecular weight is 479 g/mol. The highest BCUT2D eigenvalue weighted by atomic mass is 32.2. The van der Waals surface area contributed by atoms with Gasteiger partial charge in [0.15, 0.2) is 0 Å². The van der Waals surface area contributed by atoms with Gasteiger partial charge in [-0.1, -0.05) is 12.1 Å². The number of aliphatic hydroxyl groups is 1. The fourth-order valence-corrected chi connectivity index (χ4v) is 5.69. The lowest BCUT2D eigenvalue weighted by Gasteiger charge is -2.32. The Bertz CT molecular complexity index is 1180. The van der Waals surface area contributed by atoms with Gasteiger partial charge in [-0.05, 0) is 67.9 Å². The van der Waals surface area contributed by atoms with Crippen LogP contribution in [0.2, 0.25) is 0 Å². The number of benzene rings is 1. The van der Waals surface area contributed by atoms with Crippen LogP contribution in [0.15, 0.2) is 47.5 Å². The summed E-state index contributed by atoms with van der Waals surface area (Å²) in [6, 6.07) is 12.6. The maximum Gasteiger partial charge on any atom is 0.235 e. The maximum absolute atomic E-state index is 11.6. The summed E-state index contributed by atoms with van der Waals surface area (Å²) in [5, 5.41) is 18.5. The van der Waals surface area contributed by atoms with Crippen LogP contribution in [0.25, 0.3) is 10.9 Å². The smallest absolute Gasteiger partial charge is 0.235 e. The van der Waals surface area contributed by atoms with E-state index in [0.717, 1.165) is 58.5 Å². The number of ether oxygens (including phenoxy) is 1. The minimum absolute atomic E-state index is 0.00545. The lowest BCUT2D eigenvalue weighted by molar-refractivity contribution is -0.113. The maximum atomic E-state index is 11.6. The number of hydrogen-bond donors (Lipinski definition) is 3. The van der Waals surface area contributed by atoms with Gasteiger partial charge in [0.2, 0.25) is 5.91 Å². The number of nitrogens with zero attached hydrogens (tertiary/aromatic N) is 2. The van der Waals surface area contributed by atoms with Gasteiger partial charge in [-0.15, -0.1) is 11.8 Å². The number of nitrogens with one attached hydrogen (secondary N) is 2. The van der Waals surface area contributed by atoms with Crippen LogP contribution >= 0.6 is 11.8 Å². The van der Waals surface area contributed by atoms with Gasteiger partial charge in [0.05, 0.1) is 41.3 Å². The molecule has 1 aromatic carbocycles. The van der Waals surface area contributed by atoms with Crippen LogP contribution in [-0.4, -0.2) is 46.0 Å². The minimum Gasteiger partial charge on any atom is -0.495 e. The van der Waals surface area contributed by atoms with Crippen molar-refractivity contribution in [1.29, 1.82) is 0 Å². The number of methoxy groups -OCH3 is 1. The van der Waals surface area contributed by atoms with E-state index in [4.69, 9.17) is 4.74 Å². The highest BCUT2D eigenvalue weighted by molar-refractivity contribution is 8.00. The second kappa shape index (κ2) is 10.3. The molecule has 1 saturated carbocycles. The molecule has 2 aromatic heterocycles. The van der Waals surface area contributed by atoms with Crippen LogP contribution in [-0.2, 0) is 17.8 Å². The summed E-state index contributed by atoms with van der Waals surface area (Å²) < 4.78 is 5.34. The van der Waals surface area contributed by atoms with Crippen LogP contribution in [0, 0.1) is 5.92 Å². The SMILES string of the molecule is COc1cnc2cccc(C[C@H](O)C3CCC(NCc4ccc5c(n4)NC(=O)CS5)CC3)c2c1. The number of aliphatic hydroxyl groups excluding tert-OH is 1. The van der Waals surface area contributed by atoms with E-state index in [-0.39, 0.29) is 12.0 Å². The number of thioether (sulfide) groups is 1. The van der Waals surface area contributed by atoms with E-state index in [1.807, 2.05) is 30.3 Å². The molecule has 3 N–H and O–H groups in total. The van der Waals surface area contributed by atoms with Gasteiger partial charge in [0.1, 0.15) is 11.6 Å². The van der Waals surface area contributed by atoms with Gasteiger partial charge < -0.3 is 20.5 Å². The van der Waals surface area contributed by atoms with Gasteiger partial charge in [-0.2, -0.15) is 0 Å². The number of fused-ring (bicyclic) bond motifs is 2. The Balaban J connectivity index is 1.14. The standard InChI is InChI=1S/C26H30N4O3S/c1-33-20-12-21-17(3-2-4-22(21)28-14-20)11-23(31)16-5-7-18(8-6-16)27-13-19-9-10-24-26(29-19)30-25(32)15-34-24/h2-4,9-10,12,14,16,18,23,27,31H,5-8,11,13,15H2,1H3,(H,29,30,32)/t16?,18?,23-/m0/s1. The molecule has 8 heteroatoms. The fraction of sp³-hybridized carbons (Fsp3) is 0.423. The third-order valence-electron chi connectivity index (χ3n) is 6.88. The highest BCUT2D eigenvalue weighted by Crippen LogP contribution is 2.32. The summed E-state index contributed by atoms with van der Waals surface area (Å²) in [6.45, 7) is 0.677. The van der Waals surface area contributed by atoms with Crippen molar-refractivity contribution in [2.75, 3.05) is 18.2 Å². The number of hydrogen-bond acceptors (Lipinski definition) is 7. The number of aromatic nitrogens is 2. The van der Waals surface area contributed by atoms with Crippen LogP contribution < -0.4 is 15.4 Å². The summed E-state index contributed by atoms with van der Waals surface area (Å²) in [5.41, 5.74) is 2.97. The third-order valence-corrected chi connectivity index (χ3v) is 7.92. The number of carbonyl (C=O) groups excluding carboxylic acids is 1. The molecule has 1 aliphatic heterocycles. The van der Waals surface area contributed by atoms with Crippen molar-refractivity contribution in [2.24, 2.45) is 5.92 Å². The molecular weight excluding hydrogens is 448 g/mol. The largest absolute Gasteiger partial charge is 0.495 e. The van der Waals surface area contributed by atoms with Crippen molar-refractivity contribution in [1.82, 2.24) is 15.3 Å². The van der Waals surface area contributed by atoms with Crippen LogP contribution in [0.1, 0.15) is 36.9 Å². The van der Waals surface area contributed by atoms with Gasteiger partial charge in [-0.25, -0.2) is 4.98 Å². The van der Waals surface area contributed by atoms with Gasteiger partial charge >= 0.3 is 0 Å². The second-order valence-electron chi connectivity index (χ2n) is 9.11. The molecule has 3 heterocycles. The Morgan fingerprint density at radius 3 is 2.91 bits per heavy atom. The zero-order valence-electron chi connectivity index (χ0n) is 19.3. The minimum atomic E-state index is -0.374. The van der Waals surface area contributed by atoms with E-state index in [0.29, 0.717) is 36.5 Å². The van der Waals surface area contributed by atoms with Crippen molar-refractivity contribution in [3.63, 3.8) is 0 Å². The molecule has 1 atom stereocenters. The molecule has 3 aromatic rings. The van der Waals surface area contributed by atoms with Crippen LogP contribution in [0.3, 0.4) is 0 Å². The quantitative estimate of drug-likeness (QED) is 0.473. The predicted molar refractivity (Wildman–Crippen MR) is 134 cm³/mol. The highest BCUT2D eigenvalue weighted by Gasteiger charge is 2.27. The predicted octanol–water partition coefficient (Wildman–Crippen LogP) is 3.93. The fourth-order valence-electron chi connectivity index (χ4n) is 4.93. The Kier molecular flexibility index (Phi) is 6.99. The molecule has 0 bridgehead atoms. The summed E-state index contributed by atoms with van der Waals surface area (Å²) >= 11 is 1.53. The molecule has 1 fully saturated rings. The number of carbonyl (C=O) groups is 1. The molecule has 5 rings (SSSR count). The van der Waals surface area contributed by atoms with Gasteiger partial charge in [-0.3, -0.25) is 9.78 Å².